The van der Waals surface area contributed by atoms with E-state index in [1.54, 1.807) is 12.0 Å². The average molecular weight is 460 g/mol. The van der Waals surface area contributed by atoms with Crippen molar-refractivity contribution in [3.8, 4) is 5.75 Å². The van der Waals surface area contributed by atoms with E-state index >= 15 is 0 Å². The van der Waals surface area contributed by atoms with Gasteiger partial charge < -0.3 is 19.4 Å². The lowest BCUT2D eigenvalue weighted by atomic mass is 10.2. The van der Waals surface area contributed by atoms with Crippen molar-refractivity contribution in [1.29, 1.82) is 0 Å². The Balaban J connectivity index is 1.34. The average Bonchev–Trinajstić information content (AvgIpc) is 2.91. The molecule has 1 aliphatic rings. The summed E-state index contributed by atoms with van der Waals surface area (Å²) >= 11 is 0. The van der Waals surface area contributed by atoms with E-state index in [-0.39, 0.29) is 23.9 Å². The minimum atomic E-state index is -0.228. The number of nitrogens with zero attached hydrogens (tertiary/aromatic N) is 5. The van der Waals surface area contributed by atoms with E-state index in [1.807, 2.05) is 59.5 Å². The molecule has 0 unspecified atom stereocenters. The summed E-state index contributed by atoms with van der Waals surface area (Å²) in [7, 11) is 1.65. The van der Waals surface area contributed by atoms with Gasteiger partial charge in [-0.15, -0.1) is 0 Å². The number of benzene rings is 2. The van der Waals surface area contributed by atoms with Gasteiger partial charge in [0.1, 0.15) is 11.4 Å². The van der Waals surface area contributed by atoms with Gasteiger partial charge in [-0.25, -0.2) is 4.98 Å². The molecule has 3 aromatic rings. The number of carbonyl (C=O) groups is 2. The van der Waals surface area contributed by atoms with Crippen molar-refractivity contribution < 1.29 is 14.3 Å². The first-order chi connectivity index (χ1) is 16.6. The van der Waals surface area contributed by atoms with Crippen molar-refractivity contribution in [2.45, 2.75) is 13.0 Å². The molecule has 0 atom stereocenters. The Kier molecular flexibility index (Phi) is 7.70. The molecule has 0 bridgehead atoms. The van der Waals surface area contributed by atoms with E-state index in [0.717, 1.165) is 30.1 Å². The van der Waals surface area contributed by atoms with Gasteiger partial charge in [0.15, 0.2) is 0 Å². The molecule has 1 fully saturated rings. The Labute approximate surface area is 199 Å². The van der Waals surface area contributed by atoms with E-state index in [0.29, 0.717) is 26.2 Å². The van der Waals surface area contributed by atoms with Crippen LogP contribution in [0.2, 0.25) is 0 Å². The van der Waals surface area contributed by atoms with E-state index in [1.165, 1.54) is 18.6 Å². The number of aromatic nitrogens is 2. The van der Waals surface area contributed by atoms with Crippen molar-refractivity contribution in [3.05, 3.63) is 84.4 Å². The van der Waals surface area contributed by atoms with Crippen molar-refractivity contribution in [2.75, 3.05) is 44.7 Å². The smallest absolute Gasteiger partial charge is 0.274 e. The molecule has 2 heterocycles. The quantitative estimate of drug-likeness (QED) is 0.516. The maximum atomic E-state index is 13.1. The number of piperazine rings is 1. The van der Waals surface area contributed by atoms with Crippen LogP contribution in [-0.4, -0.2) is 71.4 Å². The fraction of sp³-hybridized carbons (Fsp3) is 0.308. The largest absolute Gasteiger partial charge is 0.497 e. The van der Waals surface area contributed by atoms with E-state index in [2.05, 4.69) is 14.9 Å². The van der Waals surface area contributed by atoms with Gasteiger partial charge in [-0.3, -0.25) is 14.6 Å². The molecule has 0 aliphatic carbocycles. The maximum Gasteiger partial charge on any atom is 0.274 e. The zero-order valence-corrected chi connectivity index (χ0v) is 19.3. The van der Waals surface area contributed by atoms with Crippen LogP contribution < -0.4 is 9.64 Å². The number of rotatable bonds is 8. The summed E-state index contributed by atoms with van der Waals surface area (Å²) in [6.07, 6.45) is 4.76. The van der Waals surface area contributed by atoms with E-state index in [4.69, 9.17) is 4.74 Å². The summed E-state index contributed by atoms with van der Waals surface area (Å²) < 4.78 is 5.23. The Morgan fingerprint density at radius 3 is 2.35 bits per heavy atom. The molecule has 0 radical (unpaired) electrons. The number of hydrogen-bond donors (Lipinski definition) is 0. The molecule has 0 N–H and O–H groups in total. The zero-order chi connectivity index (χ0) is 23.8. The molecule has 176 valence electrons. The van der Waals surface area contributed by atoms with Gasteiger partial charge in [0.2, 0.25) is 5.91 Å². The number of ether oxygens (including phenoxy) is 1. The first-order valence-corrected chi connectivity index (χ1v) is 11.4. The fourth-order valence-electron chi connectivity index (χ4n) is 4.02. The fourth-order valence-corrected chi connectivity index (χ4v) is 4.02. The molecule has 0 saturated carbocycles. The SMILES string of the molecule is COc1ccc(N2CCN(C(=O)CCN(Cc3ccccc3)C(=O)c3cnccn3)CC2)cc1. The minimum Gasteiger partial charge on any atom is -0.497 e. The number of methoxy groups -OCH3 is 1. The third kappa shape index (κ3) is 5.89. The second kappa shape index (κ2) is 11.3. The molecule has 4 rings (SSSR count). The van der Waals surface area contributed by atoms with Crippen LogP contribution in [0.4, 0.5) is 5.69 Å². The molecule has 34 heavy (non-hydrogen) atoms. The first-order valence-electron chi connectivity index (χ1n) is 11.4. The molecule has 8 heteroatoms. The lowest BCUT2D eigenvalue weighted by Crippen LogP contribution is -2.49. The van der Waals surface area contributed by atoms with E-state index in [9.17, 15) is 9.59 Å². The highest BCUT2D eigenvalue weighted by Gasteiger charge is 2.24. The predicted molar refractivity (Wildman–Crippen MR) is 130 cm³/mol. The van der Waals surface area contributed by atoms with Gasteiger partial charge in [0.25, 0.3) is 5.91 Å². The van der Waals surface area contributed by atoms with Gasteiger partial charge in [0.05, 0.1) is 13.3 Å². The normalized spacial score (nSPS) is 13.4. The van der Waals surface area contributed by atoms with Crippen molar-refractivity contribution in [3.63, 3.8) is 0 Å². The molecule has 1 aliphatic heterocycles. The van der Waals surface area contributed by atoms with Crippen LogP contribution in [-0.2, 0) is 11.3 Å². The highest BCUT2D eigenvalue weighted by Crippen LogP contribution is 2.21. The van der Waals surface area contributed by atoms with Crippen LogP contribution in [0.1, 0.15) is 22.5 Å². The molecule has 2 amide bonds. The molecule has 1 saturated heterocycles. The van der Waals surface area contributed by atoms with Crippen LogP contribution in [0.15, 0.2) is 73.2 Å². The van der Waals surface area contributed by atoms with Crippen LogP contribution in [0.3, 0.4) is 0 Å². The molecule has 2 aromatic carbocycles. The summed E-state index contributed by atoms with van der Waals surface area (Å²) in [5.41, 5.74) is 2.40. The molecular weight excluding hydrogens is 430 g/mol. The van der Waals surface area contributed by atoms with Gasteiger partial charge in [-0.05, 0) is 29.8 Å². The monoisotopic (exact) mass is 459 g/mol. The van der Waals surface area contributed by atoms with Crippen molar-refractivity contribution >= 4 is 17.5 Å². The predicted octanol–water partition coefficient (Wildman–Crippen LogP) is 2.87. The third-order valence-electron chi connectivity index (χ3n) is 5.95. The van der Waals surface area contributed by atoms with Gasteiger partial charge in [-0.2, -0.15) is 0 Å². The van der Waals surface area contributed by atoms with Crippen LogP contribution >= 0.6 is 0 Å². The van der Waals surface area contributed by atoms with Gasteiger partial charge in [-0.1, -0.05) is 30.3 Å². The number of carbonyl (C=O) groups excluding carboxylic acids is 2. The Morgan fingerprint density at radius 1 is 0.971 bits per heavy atom. The second-order valence-electron chi connectivity index (χ2n) is 8.12. The summed E-state index contributed by atoms with van der Waals surface area (Å²) in [4.78, 5) is 40.0. The van der Waals surface area contributed by atoms with Gasteiger partial charge >= 0.3 is 0 Å². The highest BCUT2D eigenvalue weighted by atomic mass is 16.5. The number of amides is 2. The highest BCUT2D eigenvalue weighted by molar-refractivity contribution is 5.92. The first kappa shape index (κ1) is 23.2. The summed E-state index contributed by atoms with van der Waals surface area (Å²) in [6, 6.07) is 17.7. The van der Waals surface area contributed by atoms with Crippen LogP contribution in [0.5, 0.6) is 5.75 Å². The Hall–Kier alpha value is -3.94. The Morgan fingerprint density at radius 2 is 1.71 bits per heavy atom. The standard InChI is InChI=1S/C26H29N5O3/c1-34-23-9-7-22(8-10-23)29-15-17-30(18-16-29)25(32)11-14-31(20-21-5-3-2-4-6-21)26(33)24-19-27-12-13-28-24/h2-10,12-13,19H,11,14-18,20H2,1H3. The summed E-state index contributed by atoms with van der Waals surface area (Å²) in [6.45, 7) is 3.58. The van der Waals surface area contributed by atoms with E-state index < -0.39 is 0 Å². The summed E-state index contributed by atoms with van der Waals surface area (Å²) in [5, 5.41) is 0. The Bertz CT molecular complexity index is 1070. The van der Waals surface area contributed by atoms with Crippen molar-refractivity contribution in [2.24, 2.45) is 0 Å². The molecule has 8 nitrogen and oxygen atoms in total. The lowest BCUT2D eigenvalue weighted by Gasteiger charge is -2.36. The number of hydrogen-bond acceptors (Lipinski definition) is 6. The number of anilines is 1. The molecule has 0 spiro atoms. The maximum absolute atomic E-state index is 13.1. The summed E-state index contributed by atoms with van der Waals surface area (Å²) in [5.74, 6) is 0.655. The topological polar surface area (TPSA) is 78.9 Å². The van der Waals surface area contributed by atoms with Gasteiger partial charge in [0, 0.05) is 63.8 Å². The minimum absolute atomic E-state index is 0.0550. The third-order valence-corrected chi connectivity index (χ3v) is 5.95. The molecule has 1 aromatic heterocycles. The lowest BCUT2D eigenvalue weighted by molar-refractivity contribution is -0.131. The van der Waals surface area contributed by atoms with Crippen LogP contribution in [0.25, 0.3) is 0 Å². The second-order valence-corrected chi connectivity index (χ2v) is 8.12. The zero-order valence-electron chi connectivity index (χ0n) is 19.3. The van der Waals surface area contributed by atoms with Crippen molar-refractivity contribution in [1.82, 2.24) is 19.8 Å². The van der Waals surface area contributed by atoms with Crippen LogP contribution in [0, 0.1) is 0 Å². The molecular formula is C26H29N5O3.